The molecule has 0 saturated heterocycles. The number of anilines is 2. The minimum atomic E-state index is -0.537. The van der Waals surface area contributed by atoms with Crippen LogP contribution in [0.3, 0.4) is 0 Å². The summed E-state index contributed by atoms with van der Waals surface area (Å²) in [5, 5.41) is 8.10. The van der Waals surface area contributed by atoms with Gasteiger partial charge in [0.2, 0.25) is 0 Å². The van der Waals surface area contributed by atoms with Crippen LogP contribution in [0.1, 0.15) is 25.0 Å². The van der Waals surface area contributed by atoms with E-state index in [9.17, 15) is 4.79 Å². The summed E-state index contributed by atoms with van der Waals surface area (Å²) < 4.78 is 18.8. The molecule has 0 aliphatic heterocycles. The number of nitrogens with two attached hydrogens (primary N) is 1. The second-order valence-electron chi connectivity index (χ2n) is 7.21. The first-order chi connectivity index (χ1) is 15.0. The molecule has 0 atom stereocenters. The fourth-order valence-corrected chi connectivity index (χ4v) is 3.83. The fourth-order valence-electron chi connectivity index (χ4n) is 3.83. The minimum absolute atomic E-state index is 0.208. The number of aromatic nitrogens is 2. The zero-order chi connectivity index (χ0) is 22.0. The van der Waals surface area contributed by atoms with Crippen LogP contribution in [-0.2, 0) is 18.3 Å². The lowest BCUT2D eigenvalue weighted by Gasteiger charge is -2.14. The topological polar surface area (TPSA) is 101 Å². The van der Waals surface area contributed by atoms with E-state index in [1.165, 1.54) is 0 Å². The van der Waals surface area contributed by atoms with E-state index in [1.807, 2.05) is 62.0 Å². The number of nitrogens with one attached hydrogen (secondary N) is 1. The zero-order valence-corrected chi connectivity index (χ0v) is 17.9. The van der Waals surface area contributed by atoms with Crippen molar-refractivity contribution in [2.75, 3.05) is 25.1 Å². The predicted molar refractivity (Wildman–Crippen MR) is 118 cm³/mol. The molecule has 162 valence electrons. The maximum Gasteiger partial charge on any atom is 0.255 e. The monoisotopic (exact) mass is 422 g/mol. The number of carbonyl (C=O) groups excluding carboxylic acids is 1. The highest BCUT2D eigenvalue weighted by Crippen LogP contribution is 2.45. The first kappa shape index (κ1) is 20.6. The standard InChI is InChI=1S/C23H26N4O4/c1-4-29-16-8-6-7-15(11-16)25-23-18-9-14-10-19(30-5-2)20(31-13-21(24)28)12-17(14)22(18)27(3)26-23/h6-8,10-12H,4-5,9,13H2,1-3H3,(H2,24,28)(H,25,26). The Morgan fingerprint density at radius 1 is 1.13 bits per heavy atom. The van der Waals surface area contributed by atoms with Gasteiger partial charge in [0.25, 0.3) is 5.91 Å². The van der Waals surface area contributed by atoms with Gasteiger partial charge in [0.1, 0.15) is 5.75 Å². The lowest BCUT2D eigenvalue weighted by atomic mass is 10.1. The van der Waals surface area contributed by atoms with Crippen LogP contribution in [0.15, 0.2) is 36.4 Å². The molecule has 31 heavy (non-hydrogen) atoms. The van der Waals surface area contributed by atoms with Crippen molar-refractivity contribution in [1.29, 1.82) is 0 Å². The highest BCUT2D eigenvalue weighted by molar-refractivity contribution is 5.82. The third-order valence-corrected chi connectivity index (χ3v) is 5.01. The van der Waals surface area contributed by atoms with E-state index >= 15 is 0 Å². The van der Waals surface area contributed by atoms with Crippen LogP contribution < -0.4 is 25.3 Å². The number of benzene rings is 2. The molecule has 3 N–H and O–H groups in total. The van der Waals surface area contributed by atoms with E-state index in [1.54, 1.807) is 0 Å². The highest BCUT2D eigenvalue weighted by atomic mass is 16.5. The number of nitrogens with zero attached hydrogens (tertiary/aromatic N) is 2. The van der Waals surface area contributed by atoms with Crippen LogP contribution in [0.2, 0.25) is 0 Å². The van der Waals surface area contributed by atoms with Gasteiger partial charge < -0.3 is 25.3 Å². The molecular weight excluding hydrogens is 396 g/mol. The maximum absolute atomic E-state index is 11.2. The summed E-state index contributed by atoms with van der Waals surface area (Å²) in [5.74, 6) is 2.15. The molecule has 0 fully saturated rings. The van der Waals surface area contributed by atoms with Crippen LogP contribution in [0.5, 0.6) is 17.2 Å². The van der Waals surface area contributed by atoms with E-state index in [4.69, 9.17) is 19.9 Å². The molecule has 3 aromatic rings. The summed E-state index contributed by atoms with van der Waals surface area (Å²) in [5.41, 5.74) is 10.4. The first-order valence-corrected chi connectivity index (χ1v) is 10.3. The molecule has 0 radical (unpaired) electrons. The van der Waals surface area contributed by atoms with Crippen molar-refractivity contribution in [3.63, 3.8) is 0 Å². The summed E-state index contributed by atoms with van der Waals surface area (Å²) in [6.07, 6.45) is 0.710. The van der Waals surface area contributed by atoms with Gasteiger partial charge >= 0.3 is 0 Å². The zero-order valence-electron chi connectivity index (χ0n) is 17.9. The van der Waals surface area contributed by atoms with Crippen molar-refractivity contribution < 1.29 is 19.0 Å². The van der Waals surface area contributed by atoms with Crippen LogP contribution in [0.4, 0.5) is 11.5 Å². The van der Waals surface area contributed by atoms with Gasteiger partial charge in [-0.1, -0.05) is 6.07 Å². The lowest BCUT2D eigenvalue weighted by molar-refractivity contribution is -0.119. The van der Waals surface area contributed by atoms with Gasteiger partial charge in [-0.2, -0.15) is 5.10 Å². The average molecular weight is 422 g/mol. The van der Waals surface area contributed by atoms with Crippen LogP contribution >= 0.6 is 0 Å². The molecule has 8 heteroatoms. The second-order valence-corrected chi connectivity index (χ2v) is 7.21. The van der Waals surface area contributed by atoms with Gasteiger partial charge in [0.15, 0.2) is 23.9 Å². The Hall–Kier alpha value is -3.68. The van der Waals surface area contributed by atoms with Gasteiger partial charge in [-0.3, -0.25) is 9.48 Å². The molecular formula is C23H26N4O4. The van der Waals surface area contributed by atoms with Crippen LogP contribution in [0.25, 0.3) is 11.3 Å². The normalized spacial score (nSPS) is 11.6. The van der Waals surface area contributed by atoms with E-state index < -0.39 is 5.91 Å². The van der Waals surface area contributed by atoms with Crippen LogP contribution in [-0.4, -0.2) is 35.5 Å². The predicted octanol–water partition coefficient (Wildman–Crippen LogP) is 3.40. The fraction of sp³-hybridized carbons (Fsp3) is 0.304. The smallest absolute Gasteiger partial charge is 0.255 e. The molecule has 1 heterocycles. The second kappa shape index (κ2) is 8.59. The Morgan fingerprint density at radius 3 is 2.65 bits per heavy atom. The number of hydrogen-bond donors (Lipinski definition) is 2. The Kier molecular flexibility index (Phi) is 5.70. The van der Waals surface area contributed by atoms with E-state index in [-0.39, 0.29) is 6.61 Å². The Balaban J connectivity index is 1.68. The number of aryl methyl sites for hydroxylation is 1. The van der Waals surface area contributed by atoms with Crippen molar-refractivity contribution >= 4 is 17.4 Å². The summed E-state index contributed by atoms with van der Waals surface area (Å²) in [6, 6.07) is 11.7. The van der Waals surface area contributed by atoms with Gasteiger partial charge in [-0.15, -0.1) is 0 Å². The largest absolute Gasteiger partial charge is 0.494 e. The Labute approximate surface area is 180 Å². The number of primary amides is 1. The number of rotatable bonds is 9. The van der Waals surface area contributed by atoms with Gasteiger partial charge in [-0.05, 0) is 43.7 Å². The molecule has 1 aromatic heterocycles. The summed E-state index contributed by atoms with van der Waals surface area (Å²) in [7, 11) is 1.91. The number of fused-ring (bicyclic) bond motifs is 3. The number of carbonyl (C=O) groups is 1. The van der Waals surface area contributed by atoms with Gasteiger partial charge in [-0.25, -0.2) is 0 Å². The Bertz CT molecular complexity index is 1120. The van der Waals surface area contributed by atoms with Crippen molar-refractivity contribution in [3.8, 4) is 28.5 Å². The molecule has 8 nitrogen and oxygen atoms in total. The Morgan fingerprint density at radius 2 is 1.90 bits per heavy atom. The third-order valence-electron chi connectivity index (χ3n) is 5.01. The summed E-state index contributed by atoms with van der Waals surface area (Å²) in [6.45, 7) is 4.76. The summed E-state index contributed by atoms with van der Waals surface area (Å²) in [4.78, 5) is 11.2. The van der Waals surface area contributed by atoms with Crippen LogP contribution in [0, 0.1) is 0 Å². The number of amides is 1. The number of ether oxygens (including phenoxy) is 3. The van der Waals surface area contributed by atoms with E-state index in [0.29, 0.717) is 31.1 Å². The maximum atomic E-state index is 11.2. The molecule has 2 aromatic carbocycles. The average Bonchev–Trinajstić information content (AvgIpc) is 3.24. The quantitative estimate of drug-likeness (QED) is 0.429. The lowest BCUT2D eigenvalue weighted by Crippen LogP contribution is -2.20. The molecule has 0 spiro atoms. The van der Waals surface area contributed by atoms with Crippen molar-refractivity contribution in [2.45, 2.75) is 20.3 Å². The third kappa shape index (κ3) is 4.14. The molecule has 1 aliphatic rings. The van der Waals surface area contributed by atoms with Crippen molar-refractivity contribution in [3.05, 3.63) is 47.5 Å². The molecule has 1 aliphatic carbocycles. The molecule has 0 bridgehead atoms. The first-order valence-electron chi connectivity index (χ1n) is 10.3. The minimum Gasteiger partial charge on any atom is -0.494 e. The van der Waals surface area contributed by atoms with Crippen molar-refractivity contribution in [1.82, 2.24) is 9.78 Å². The SMILES string of the molecule is CCOc1cccc(Nc2nn(C)c3c2Cc2cc(OCC)c(OCC(N)=O)cc2-3)c1. The summed E-state index contributed by atoms with van der Waals surface area (Å²) >= 11 is 0. The molecule has 0 unspecified atom stereocenters. The van der Waals surface area contributed by atoms with Crippen molar-refractivity contribution in [2.24, 2.45) is 12.8 Å². The number of hydrogen-bond acceptors (Lipinski definition) is 6. The molecule has 4 rings (SSSR count). The highest BCUT2D eigenvalue weighted by Gasteiger charge is 2.29. The van der Waals surface area contributed by atoms with E-state index in [0.717, 1.165) is 39.6 Å². The molecule has 1 amide bonds. The van der Waals surface area contributed by atoms with E-state index in [2.05, 4.69) is 10.4 Å². The van der Waals surface area contributed by atoms with Gasteiger partial charge in [0.05, 0.1) is 18.9 Å². The molecule has 0 saturated carbocycles. The van der Waals surface area contributed by atoms with Gasteiger partial charge in [0, 0.05) is 36.3 Å².